The summed E-state index contributed by atoms with van der Waals surface area (Å²) in [5.41, 5.74) is 6.67. The third-order valence-corrected chi connectivity index (χ3v) is 7.49. The van der Waals surface area contributed by atoms with Crippen LogP contribution in [-0.2, 0) is 19.1 Å². The monoisotopic (exact) mass is 615 g/mol. The number of hydrogen-bond acceptors (Lipinski definition) is 8. The van der Waals surface area contributed by atoms with Crippen LogP contribution >= 0.6 is 0 Å². The van der Waals surface area contributed by atoms with Gasteiger partial charge in [0.05, 0.1) is 0 Å². The summed E-state index contributed by atoms with van der Waals surface area (Å²) in [6, 6.07) is 41.1. The Morgan fingerprint density at radius 2 is 0.830 bits per heavy atom. The van der Waals surface area contributed by atoms with Gasteiger partial charge in [-0.05, 0) is 59.7 Å². The van der Waals surface area contributed by atoms with Crippen LogP contribution in [0.5, 0.6) is 0 Å². The maximum atomic E-state index is 12.4. The molecule has 2 aliphatic heterocycles. The molecule has 2 heterocycles. The zero-order chi connectivity index (χ0) is 32.2. The first-order valence-electron chi connectivity index (χ1n) is 14.8. The van der Waals surface area contributed by atoms with Crippen LogP contribution in [0.1, 0.15) is 32.6 Å². The second-order valence-corrected chi connectivity index (χ2v) is 10.6. The molecule has 0 fully saturated rings. The van der Waals surface area contributed by atoms with Crippen molar-refractivity contribution in [3.05, 3.63) is 173 Å². The van der Waals surface area contributed by atoms with E-state index in [9.17, 15) is 14.4 Å². The molecule has 5 aromatic carbocycles. The van der Waals surface area contributed by atoms with Crippen LogP contribution in [-0.4, -0.2) is 29.6 Å². The molecule has 0 bridgehead atoms. The van der Waals surface area contributed by atoms with Crippen molar-refractivity contribution in [1.29, 1.82) is 0 Å². The van der Waals surface area contributed by atoms with E-state index in [2.05, 4.69) is 9.98 Å². The van der Waals surface area contributed by atoms with Crippen LogP contribution in [0.3, 0.4) is 0 Å². The molecule has 0 aromatic heterocycles. The Morgan fingerprint density at radius 1 is 0.468 bits per heavy atom. The third-order valence-electron chi connectivity index (χ3n) is 7.49. The fraction of sp³-hybridized carbons (Fsp3) is 0. The number of rotatable bonds is 8. The summed E-state index contributed by atoms with van der Waals surface area (Å²) in [5, 5.41) is 0. The molecule has 0 unspecified atom stereocenters. The van der Waals surface area contributed by atoms with Crippen LogP contribution in [0, 0.1) is 0 Å². The first kappa shape index (κ1) is 29.1. The largest absolute Gasteiger partial charge is 0.403 e. The summed E-state index contributed by atoms with van der Waals surface area (Å²) in [6.07, 6.45) is 4.23. The van der Waals surface area contributed by atoms with Gasteiger partial charge in [-0.1, -0.05) is 84.9 Å². The maximum Gasteiger partial charge on any atom is 0.364 e. The average Bonchev–Trinajstić information content (AvgIpc) is 3.68. The van der Waals surface area contributed by atoms with Crippen molar-refractivity contribution in [2.24, 2.45) is 9.98 Å². The van der Waals surface area contributed by atoms with E-state index < -0.39 is 11.9 Å². The standard InChI is InChI=1S/C39H25N3O5/c43-25-28-15-21-33(22-16-28)42(31-17-11-26(12-18-31)23-34-40-36(38(44)46-34)29-7-3-1-4-8-29)32-19-13-27(14-20-32)24-35-41-37(39(45)47-35)30-9-5-2-6-10-30/h1-25H/b34-23+,35-24+. The van der Waals surface area contributed by atoms with E-state index in [1.165, 1.54) is 0 Å². The SMILES string of the molecule is O=Cc1ccc(N(c2ccc(/C=C3\N=C(c4ccccc4)C(=O)O3)cc2)c2ccc(/C=C3\N=C(c4ccccc4)C(=O)O3)cc2)cc1. The molecule has 0 aliphatic carbocycles. The van der Waals surface area contributed by atoms with Gasteiger partial charge in [0.2, 0.25) is 11.8 Å². The second-order valence-electron chi connectivity index (χ2n) is 10.6. The Kier molecular flexibility index (Phi) is 7.88. The van der Waals surface area contributed by atoms with Gasteiger partial charge in [-0.2, -0.15) is 0 Å². The van der Waals surface area contributed by atoms with Crippen molar-refractivity contribution >= 4 is 58.9 Å². The van der Waals surface area contributed by atoms with Crippen LogP contribution < -0.4 is 4.90 Å². The lowest BCUT2D eigenvalue weighted by Crippen LogP contribution is -2.10. The van der Waals surface area contributed by atoms with Gasteiger partial charge < -0.3 is 14.4 Å². The summed E-state index contributed by atoms with van der Waals surface area (Å²) >= 11 is 0. The lowest BCUT2D eigenvalue weighted by molar-refractivity contribution is -0.131. The lowest BCUT2D eigenvalue weighted by Gasteiger charge is -2.25. The number of hydrogen-bond donors (Lipinski definition) is 0. The molecule has 226 valence electrons. The number of esters is 2. The molecule has 7 rings (SSSR count). The zero-order valence-corrected chi connectivity index (χ0v) is 24.8. The van der Waals surface area contributed by atoms with E-state index >= 15 is 0 Å². The Morgan fingerprint density at radius 3 is 1.19 bits per heavy atom. The van der Waals surface area contributed by atoms with Crippen molar-refractivity contribution in [2.45, 2.75) is 0 Å². The van der Waals surface area contributed by atoms with Gasteiger partial charge in [0.15, 0.2) is 11.4 Å². The first-order valence-corrected chi connectivity index (χ1v) is 14.8. The van der Waals surface area contributed by atoms with Crippen LogP contribution in [0.25, 0.3) is 12.2 Å². The number of carbonyl (C=O) groups excluding carboxylic acids is 3. The second kappa shape index (κ2) is 12.7. The summed E-state index contributed by atoms with van der Waals surface area (Å²) in [4.78, 5) is 47.0. The molecule has 5 aromatic rings. The molecule has 2 aliphatic rings. The number of nitrogens with zero attached hydrogens (tertiary/aromatic N) is 3. The van der Waals surface area contributed by atoms with Gasteiger partial charge in [-0.3, -0.25) is 4.79 Å². The minimum atomic E-state index is -0.488. The van der Waals surface area contributed by atoms with Gasteiger partial charge in [-0.15, -0.1) is 0 Å². The van der Waals surface area contributed by atoms with E-state index in [0.29, 0.717) is 16.7 Å². The maximum absolute atomic E-state index is 12.4. The highest BCUT2D eigenvalue weighted by Crippen LogP contribution is 2.35. The fourth-order valence-corrected chi connectivity index (χ4v) is 5.20. The third kappa shape index (κ3) is 6.29. The molecule has 0 saturated heterocycles. The lowest BCUT2D eigenvalue weighted by atomic mass is 10.1. The summed E-state index contributed by atoms with van der Waals surface area (Å²) in [7, 11) is 0. The molecule has 8 heteroatoms. The molecule has 47 heavy (non-hydrogen) atoms. The molecule has 0 amide bonds. The zero-order valence-electron chi connectivity index (χ0n) is 24.8. The highest BCUT2D eigenvalue weighted by Gasteiger charge is 2.26. The van der Waals surface area contributed by atoms with Crippen LogP contribution in [0.15, 0.2) is 155 Å². The number of ether oxygens (including phenoxy) is 2. The molecule has 0 atom stereocenters. The smallest absolute Gasteiger partial charge is 0.364 e. The number of aldehydes is 1. The minimum Gasteiger partial charge on any atom is -0.403 e. The van der Waals surface area contributed by atoms with E-state index in [4.69, 9.17) is 9.47 Å². The van der Waals surface area contributed by atoms with Crippen LogP contribution in [0.2, 0.25) is 0 Å². The molecule has 0 saturated carbocycles. The van der Waals surface area contributed by atoms with Crippen molar-refractivity contribution in [3.8, 4) is 0 Å². The molecule has 0 radical (unpaired) electrons. The average molecular weight is 616 g/mol. The quantitative estimate of drug-likeness (QED) is 0.131. The summed E-state index contributed by atoms with van der Waals surface area (Å²) < 4.78 is 10.8. The predicted octanol–water partition coefficient (Wildman–Crippen LogP) is 7.66. The van der Waals surface area contributed by atoms with Gasteiger partial charge >= 0.3 is 11.9 Å². The van der Waals surface area contributed by atoms with Crippen LogP contribution in [0.4, 0.5) is 17.1 Å². The Hall–Kier alpha value is -6.67. The number of cyclic esters (lactones) is 2. The molecule has 8 nitrogen and oxygen atoms in total. The van der Waals surface area contributed by atoms with E-state index in [0.717, 1.165) is 34.5 Å². The molecular formula is C39H25N3O5. The van der Waals surface area contributed by atoms with Crippen molar-refractivity contribution in [2.75, 3.05) is 4.90 Å². The number of carbonyl (C=O) groups is 3. The summed E-state index contributed by atoms with van der Waals surface area (Å²) in [6.45, 7) is 0. The summed E-state index contributed by atoms with van der Waals surface area (Å²) in [5.74, 6) is -0.531. The highest BCUT2D eigenvalue weighted by atomic mass is 16.6. The van der Waals surface area contributed by atoms with Crippen molar-refractivity contribution in [3.63, 3.8) is 0 Å². The van der Waals surface area contributed by atoms with Crippen molar-refractivity contribution < 1.29 is 23.9 Å². The van der Waals surface area contributed by atoms with Gasteiger partial charge in [0, 0.05) is 45.9 Å². The first-order chi connectivity index (χ1) is 23.0. The normalized spacial score (nSPS) is 15.7. The highest BCUT2D eigenvalue weighted by molar-refractivity contribution is 6.45. The van der Waals surface area contributed by atoms with Crippen molar-refractivity contribution in [1.82, 2.24) is 0 Å². The fourth-order valence-electron chi connectivity index (χ4n) is 5.20. The minimum absolute atomic E-state index is 0.223. The number of aliphatic imine (C=N–C) groups is 2. The number of anilines is 3. The Bertz CT molecular complexity index is 1970. The van der Waals surface area contributed by atoms with Gasteiger partial charge in [0.1, 0.15) is 6.29 Å². The number of benzene rings is 5. The Balaban J connectivity index is 1.16. The van der Waals surface area contributed by atoms with Gasteiger partial charge in [-0.25, -0.2) is 19.6 Å². The molecule has 0 spiro atoms. The molecular weight excluding hydrogens is 590 g/mol. The van der Waals surface area contributed by atoms with E-state index in [-0.39, 0.29) is 23.2 Å². The van der Waals surface area contributed by atoms with Gasteiger partial charge in [0.25, 0.3) is 0 Å². The predicted molar refractivity (Wildman–Crippen MR) is 181 cm³/mol. The van der Waals surface area contributed by atoms with E-state index in [1.54, 1.807) is 24.3 Å². The van der Waals surface area contributed by atoms with E-state index in [1.807, 2.05) is 126 Å². The Labute approximate surface area is 270 Å². The topological polar surface area (TPSA) is 97.6 Å². The molecule has 0 N–H and O–H groups in total.